The monoisotopic (exact) mass is 582 g/mol. The number of fused-ring (bicyclic) bond motifs is 2. The molecule has 1 fully saturated rings. The number of aromatic nitrogens is 1. The van der Waals surface area contributed by atoms with Gasteiger partial charge < -0.3 is 0 Å². The molecule has 2 heterocycles. The van der Waals surface area contributed by atoms with Crippen LogP contribution in [0.5, 0.6) is 0 Å². The molecule has 1 aromatic heterocycles. The van der Waals surface area contributed by atoms with E-state index in [4.69, 9.17) is 0 Å². The number of hydrogen-bond acceptors (Lipinski definition) is 6. The van der Waals surface area contributed by atoms with E-state index in [0.29, 0.717) is 12.1 Å². The van der Waals surface area contributed by atoms with Crippen molar-refractivity contribution in [1.82, 2.24) is 9.88 Å². The summed E-state index contributed by atoms with van der Waals surface area (Å²) in [5, 5.41) is 4.24. The van der Waals surface area contributed by atoms with E-state index in [-0.39, 0.29) is 27.3 Å². The molecule has 2 aliphatic rings. The molecule has 2 aromatic carbocycles. The van der Waals surface area contributed by atoms with E-state index < -0.39 is 0 Å². The maximum absolute atomic E-state index is 12.5. The van der Waals surface area contributed by atoms with Crippen molar-refractivity contribution in [3.63, 3.8) is 0 Å². The van der Waals surface area contributed by atoms with Crippen molar-refractivity contribution in [3.8, 4) is 11.1 Å². The molecule has 1 saturated carbocycles. The second-order valence-electron chi connectivity index (χ2n) is 9.90. The first-order chi connectivity index (χ1) is 17.0. The molecule has 0 unspecified atom stereocenters. The quantitative estimate of drug-likeness (QED) is 0.194. The molecule has 1 aliphatic heterocycles. The number of alkyl halides is 1. The van der Waals surface area contributed by atoms with Crippen LogP contribution in [-0.2, 0) is 6.54 Å². The Morgan fingerprint density at radius 3 is 2.66 bits per heavy atom. The standard InChI is InChI=1S/C28H33IN5O/c1-18(35)25-15-31-27-11-7-21(20-6-10-26-22(12-20)14-30-17-32-26)13-24(27)28(25)33-29-23-8-4-19(5-9-23)16-34(2)3/h6-7,10-13,15,17,19,23H,4-5,8-9,14,16H2,1-3H3,(H,30,32)(H,31,33)/q-1. The Bertz CT molecular complexity index is 1260. The number of nitrogens with one attached hydrogen (secondary N) is 2. The van der Waals surface area contributed by atoms with Crippen LogP contribution in [-0.4, -0.2) is 46.6 Å². The van der Waals surface area contributed by atoms with Gasteiger partial charge in [-0.15, -0.1) is 0 Å². The van der Waals surface area contributed by atoms with Crippen LogP contribution in [0.25, 0.3) is 22.0 Å². The molecule has 5 rings (SSSR count). The third kappa shape index (κ3) is 5.51. The van der Waals surface area contributed by atoms with E-state index in [1.54, 1.807) is 19.5 Å². The summed E-state index contributed by atoms with van der Waals surface area (Å²) in [6.07, 6.45) is 8.68. The van der Waals surface area contributed by atoms with Crippen molar-refractivity contribution in [1.29, 1.82) is 0 Å². The molecule has 184 valence electrons. The Morgan fingerprint density at radius 2 is 1.89 bits per heavy atom. The zero-order valence-electron chi connectivity index (χ0n) is 20.6. The van der Waals surface area contributed by atoms with E-state index >= 15 is 0 Å². The van der Waals surface area contributed by atoms with Crippen molar-refractivity contribution >= 4 is 34.4 Å². The van der Waals surface area contributed by atoms with Crippen LogP contribution >= 0.6 is 0 Å². The summed E-state index contributed by atoms with van der Waals surface area (Å²) in [4.78, 5) is 23.8. The van der Waals surface area contributed by atoms with Gasteiger partial charge in [-0.3, -0.25) is 0 Å². The van der Waals surface area contributed by atoms with Gasteiger partial charge in [-0.1, -0.05) is 0 Å². The summed E-state index contributed by atoms with van der Waals surface area (Å²) >= 11 is -0.273. The molecule has 1 aliphatic carbocycles. The number of nitrogens with zero attached hydrogens (tertiary/aromatic N) is 3. The van der Waals surface area contributed by atoms with Crippen molar-refractivity contribution < 1.29 is 26.3 Å². The molecule has 7 heteroatoms. The third-order valence-corrected chi connectivity index (χ3v) is 9.94. The zero-order chi connectivity index (χ0) is 24.4. The van der Waals surface area contributed by atoms with Crippen molar-refractivity contribution in [3.05, 3.63) is 53.7 Å². The van der Waals surface area contributed by atoms with E-state index in [1.165, 1.54) is 37.8 Å². The number of halogens is 1. The number of hydrogen-bond donors (Lipinski definition) is 2. The second-order valence-corrected chi connectivity index (χ2v) is 12.8. The summed E-state index contributed by atoms with van der Waals surface area (Å²) in [6.45, 7) is 3.52. The van der Waals surface area contributed by atoms with Gasteiger partial charge in [-0.05, 0) is 0 Å². The normalized spacial score (nSPS) is 19.5. The van der Waals surface area contributed by atoms with E-state index in [2.05, 4.69) is 74.2 Å². The Labute approximate surface area is 218 Å². The predicted molar refractivity (Wildman–Crippen MR) is 141 cm³/mol. The predicted octanol–water partition coefficient (Wildman–Crippen LogP) is 2.59. The minimum atomic E-state index is -0.273. The molecular formula is C28H33IN5O-. The first-order valence-corrected chi connectivity index (χ1v) is 14.7. The number of aliphatic imine (C=N–C) groups is 1. The van der Waals surface area contributed by atoms with E-state index in [0.717, 1.165) is 43.2 Å². The second kappa shape index (κ2) is 10.6. The molecule has 3 aromatic rings. The van der Waals surface area contributed by atoms with Crippen LogP contribution in [0.3, 0.4) is 0 Å². The Hall–Kier alpha value is -2.52. The molecule has 35 heavy (non-hydrogen) atoms. The third-order valence-electron chi connectivity index (χ3n) is 6.96. The molecular weight excluding hydrogens is 549 g/mol. The summed E-state index contributed by atoms with van der Waals surface area (Å²) in [5.74, 6) is 0.878. The van der Waals surface area contributed by atoms with Gasteiger partial charge in [-0.25, -0.2) is 0 Å². The number of rotatable bonds is 7. The van der Waals surface area contributed by atoms with Crippen molar-refractivity contribution in [2.45, 2.75) is 43.1 Å². The number of ketones is 1. The summed E-state index contributed by atoms with van der Waals surface area (Å²) in [6, 6.07) is 12.8. The average molecular weight is 583 g/mol. The van der Waals surface area contributed by atoms with Crippen molar-refractivity contribution in [2.75, 3.05) is 29.5 Å². The average Bonchev–Trinajstić information content (AvgIpc) is 2.87. The summed E-state index contributed by atoms with van der Waals surface area (Å²) < 4.78 is 4.54. The van der Waals surface area contributed by atoms with Gasteiger partial charge in [0.05, 0.1) is 0 Å². The van der Waals surface area contributed by atoms with Gasteiger partial charge in [-0.2, -0.15) is 0 Å². The number of pyridine rings is 1. The molecule has 0 spiro atoms. The Kier molecular flexibility index (Phi) is 7.34. The molecule has 0 bridgehead atoms. The van der Waals surface area contributed by atoms with Crippen molar-refractivity contribution in [2.24, 2.45) is 10.9 Å². The fraction of sp³-hybridized carbons (Fsp3) is 0.393. The SMILES string of the molecule is CC(=O)c1cnc2ccc(-c3ccc4c(c3)CN=CN4)cc2c1N[I-]C1CCC(CN(C)C)CC1. The molecule has 0 amide bonds. The van der Waals surface area contributed by atoms with Crippen LogP contribution in [0.15, 0.2) is 47.6 Å². The van der Waals surface area contributed by atoms with Crippen LogP contribution in [0.1, 0.15) is 48.5 Å². The van der Waals surface area contributed by atoms with Gasteiger partial charge >= 0.3 is 219 Å². The van der Waals surface area contributed by atoms with Gasteiger partial charge in [0.15, 0.2) is 0 Å². The zero-order valence-corrected chi connectivity index (χ0v) is 22.8. The minimum absolute atomic E-state index is 0.0590. The topological polar surface area (TPSA) is 69.6 Å². The summed E-state index contributed by atoms with van der Waals surface area (Å²) in [7, 11) is 4.34. The maximum atomic E-state index is 12.5. The Morgan fingerprint density at radius 1 is 1.11 bits per heavy atom. The van der Waals surface area contributed by atoms with Gasteiger partial charge in [0.1, 0.15) is 0 Å². The number of anilines is 2. The molecule has 6 nitrogen and oxygen atoms in total. The molecule has 2 N–H and O–H groups in total. The van der Waals surface area contributed by atoms with Crippen LogP contribution in [0.2, 0.25) is 0 Å². The van der Waals surface area contributed by atoms with Crippen LogP contribution in [0.4, 0.5) is 11.4 Å². The van der Waals surface area contributed by atoms with Crippen LogP contribution < -0.4 is 30.3 Å². The molecule has 0 atom stereocenters. The number of carbonyl (C=O) groups is 1. The Balaban J connectivity index is 1.41. The fourth-order valence-electron chi connectivity index (χ4n) is 5.11. The first kappa shape index (κ1) is 24.2. The van der Waals surface area contributed by atoms with Gasteiger partial charge in [0, 0.05) is 0 Å². The van der Waals surface area contributed by atoms with Gasteiger partial charge in [0.2, 0.25) is 0 Å². The first-order valence-electron chi connectivity index (χ1n) is 12.3. The van der Waals surface area contributed by atoms with E-state index in [9.17, 15) is 4.79 Å². The van der Waals surface area contributed by atoms with Gasteiger partial charge in [0.25, 0.3) is 0 Å². The number of carbonyl (C=O) groups excluding carboxylic acids is 1. The van der Waals surface area contributed by atoms with Crippen LogP contribution in [0, 0.1) is 5.92 Å². The molecule has 0 saturated heterocycles. The number of benzene rings is 2. The van der Waals surface area contributed by atoms with E-state index in [1.807, 2.05) is 0 Å². The summed E-state index contributed by atoms with van der Waals surface area (Å²) in [5.41, 5.74) is 7.16. The fourth-order valence-corrected chi connectivity index (χ4v) is 7.78. The molecule has 0 radical (unpaired) electrons. The number of Topliss-reactive ketones (excluding diaryl/α,β-unsaturated/α-hetero) is 1.